The van der Waals surface area contributed by atoms with E-state index >= 15 is 0 Å². The van der Waals surface area contributed by atoms with Crippen molar-refractivity contribution in [2.45, 2.75) is 25.3 Å². The van der Waals surface area contributed by atoms with Crippen molar-refractivity contribution < 1.29 is 13.5 Å². The van der Waals surface area contributed by atoms with E-state index in [0.717, 1.165) is 18.4 Å². The van der Waals surface area contributed by atoms with Gasteiger partial charge in [0.2, 0.25) is 0 Å². The van der Waals surface area contributed by atoms with Crippen molar-refractivity contribution in [2.24, 2.45) is 11.7 Å². The Morgan fingerprint density at radius 3 is 2.50 bits per heavy atom. The molecule has 3 nitrogen and oxygen atoms in total. The first-order chi connectivity index (χ1) is 11.4. The topological polar surface area (TPSA) is 38.5 Å². The number of ether oxygens (including phenoxy) is 1. The summed E-state index contributed by atoms with van der Waals surface area (Å²) in [5, 5.41) is 0.821. The number of nitrogens with two attached hydrogens (primary N) is 1. The lowest BCUT2D eigenvalue weighted by Crippen LogP contribution is -2.39. The van der Waals surface area contributed by atoms with E-state index in [1.54, 1.807) is 23.1 Å². The number of piperidine rings is 1. The molecule has 0 amide bonds. The van der Waals surface area contributed by atoms with Gasteiger partial charge in [-0.1, -0.05) is 35.9 Å². The second-order valence-corrected chi connectivity index (χ2v) is 6.77. The van der Waals surface area contributed by atoms with Gasteiger partial charge in [-0.05, 0) is 37.9 Å². The minimum atomic E-state index is -2.30. The Hall–Kier alpha value is -0.880. The van der Waals surface area contributed by atoms with Gasteiger partial charge in [0.1, 0.15) is 12.4 Å². The molecule has 24 heavy (non-hydrogen) atoms. The lowest BCUT2D eigenvalue weighted by atomic mass is 9.85. The number of hydrogen-bond donors (Lipinski definition) is 1. The molecule has 0 aliphatic carbocycles. The summed E-state index contributed by atoms with van der Waals surface area (Å²) in [6, 6.07) is 3.11. The number of halogens is 4. The summed E-state index contributed by atoms with van der Waals surface area (Å²) in [5.41, 5.74) is 7.22. The van der Waals surface area contributed by atoms with Crippen LogP contribution in [0.25, 0.3) is 0 Å². The highest BCUT2D eigenvalue weighted by molar-refractivity contribution is 6.42. The van der Waals surface area contributed by atoms with Gasteiger partial charge in [-0.15, -0.1) is 0 Å². The van der Waals surface area contributed by atoms with Crippen molar-refractivity contribution in [3.63, 3.8) is 0 Å². The molecule has 1 aliphatic rings. The fraction of sp³-hybridized carbons (Fsp3) is 0.529. The molecule has 0 radical (unpaired) electrons. The first-order valence-electron chi connectivity index (χ1n) is 7.91. The Labute approximate surface area is 151 Å². The first-order valence-corrected chi connectivity index (χ1v) is 8.66. The fourth-order valence-electron chi connectivity index (χ4n) is 3.02. The zero-order valence-electron chi connectivity index (χ0n) is 13.4. The zero-order valence-corrected chi connectivity index (χ0v) is 14.9. The highest BCUT2D eigenvalue weighted by Gasteiger charge is 2.28. The molecule has 1 heterocycles. The van der Waals surface area contributed by atoms with Crippen LogP contribution >= 0.6 is 23.2 Å². The Balaban J connectivity index is 2.10. The Morgan fingerprint density at radius 1 is 1.29 bits per heavy atom. The van der Waals surface area contributed by atoms with E-state index in [0.29, 0.717) is 35.5 Å². The fourth-order valence-corrected chi connectivity index (χ4v) is 3.35. The highest BCUT2D eigenvalue weighted by atomic mass is 35.5. The normalized spacial score (nSPS) is 17.9. The summed E-state index contributed by atoms with van der Waals surface area (Å²) in [6.07, 6.45) is 0.856. The standard InChI is InChI=1S/C17H22Cl2F2N2O/c1-2-7-24-15-9-14(19)13(18)8-12(15)17(22)11-3-5-23(6-4-11)10-16(20)21/h2,8-9,11,16-17H,1,3-7,10,22H2. The van der Waals surface area contributed by atoms with Gasteiger partial charge >= 0.3 is 0 Å². The van der Waals surface area contributed by atoms with Crippen LogP contribution in [0.4, 0.5) is 8.78 Å². The van der Waals surface area contributed by atoms with E-state index in [4.69, 9.17) is 33.7 Å². The van der Waals surface area contributed by atoms with Gasteiger partial charge in [-0.3, -0.25) is 4.90 Å². The molecule has 1 aliphatic heterocycles. The van der Waals surface area contributed by atoms with Crippen LogP contribution in [0.3, 0.4) is 0 Å². The predicted molar refractivity (Wildman–Crippen MR) is 94.3 cm³/mol. The molecule has 0 aromatic heterocycles. The van der Waals surface area contributed by atoms with Gasteiger partial charge in [0.15, 0.2) is 0 Å². The van der Waals surface area contributed by atoms with Crippen LogP contribution < -0.4 is 10.5 Å². The number of rotatable bonds is 7. The molecule has 1 fully saturated rings. The first kappa shape index (κ1) is 19.4. The molecule has 1 atom stereocenters. The Morgan fingerprint density at radius 2 is 1.92 bits per heavy atom. The molecule has 134 valence electrons. The van der Waals surface area contributed by atoms with Crippen LogP contribution in [0, 0.1) is 5.92 Å². The van der Waals surface area contributed by atoms with Gasteiger partial charge in [0.05, 0.1) is 16.6 Å². The molecule has 0 spiro atoms. The summed E-state index contributed by atoms with van der Waals surface area (Å²) in [6.45, 7) is 5.03. The number of benzene rings is 1. The van der Waals surface area contributed by atoms with Crippen molar-refractivity contribution in [2.75, 3.05) is 26.2 Å². The van der Waals surface area contributed by atoms with Crippen LogP contribution in [0.5, 0.6) is 5.75 Å². The van der Waals surface area contributed by atoms with Gasteiger partial charge in [0, 0.05) is 17.7 Å². The summed E-state index contributed by atoms with van der Waals surface area (Å²) < 4.78 is 30.6. The minimum Gasteiger partial charge on any atom is -0.489 e. The van der Waals surface area contributed by atoms with Gasteiger partial charge in [0.25, 0.3) is 6.43 Å². The van der Waals surface area contributed by atoms with Crippen LogP contribution in [-0.2, 0) is 0 Å². The van der Waals surface area contributed by atoms with E-state index < -0.39 is 6.43 Å². The molecule has 1 aromatic rings. The number of likely N-dealkylation sites (tertiary alicyclic amines) is 1. The number of alkyl halides is 2. The summed E-state index contributed by atoms with van der Waals surface area (Å²) in [5.74, 6) is 0.772. The molecule has 0 bridgehead atoms. The molecule has 1 saturated heterocycles. The van der Waals surface area contributed by atoms with Crippen molar-refractivity contribution in [3.05, 3.63) is 40.4 Å². The predicted octanol–water partition coefficient (Wildman–Crippen LogP) is 4.54. The molecular formula is C17H22Cl2F2N2O. The van der Waals surface area contributed by atoms with E-state index in [1.807, 2.05) is 0 Å². The van der Waals surface area contributed by atoms with Crippen LogP contribution in [0.2, 0.25) is 10.0 Å². The Kier molecular flexibility index (Phi) is 7.29. The van der Waals surface area contributed by atoms with Crippen molar-refractivity contribution in [1.82, 2.24) is 4.90 Å². The molecule has 0 saturated carbocycles. The second kappa shape index (κ2) is 8.99. The van der Waals surface area contributed by atoms with E-state index in [1.165, 1.54) is 0 Å². The molecule has 2 rings (SSSR count). The average Bonchev–Trinajstić information content (AvgIpc) is 2.55. The molecule has 7 heteroatoms. The maximum atomic E-state index is 12.5. The smallest absolute Gasteiger partial charge is 0.251 e. The third-order valence-electron chi connectivity index (χ3n) is 4.30. The third-order valence-corrected chi connectivity index (χ3v) is 5.03. The molecule has 1 unspecified atom stereocenters. The van der Waals surface area contributed by atoms with E-state index in [9.17, 15) is 8.78 Å². The lowest BCUT2D eigenvalue weighted by molar-refractivity contribution is 0.0658. The van der Waals surface area contributed by atoms with Gasteiger partial charge < -0.3 is 10.5 Å². The average molecular weight is 379 g/mol. The van der Waals surface area contributed by atoms with E-state index in [-0.39, 0.29) is 18.5 Å². The second-order valence-electron chi connectivity index (χ2n) is 5.96. The molecule has 1 aromatic carbocycles. The van der Waals surface area contributed by atoms with Gasteiger partial charge in [-0.2, -0.15) is 0 Å². The zero-order chi connectivity index (χ0) is 17.7. The highest BCUT2D eigenvalue weighted by Crippen LogP contribution is 2.38. The van der Waals surface area contributed by atoms with Crippen molar-refractivity contribution in [1.29, 1.82) is 0 Å². The summed E-state index contributed by atoms with van der Waals surface area (Å²) >= 11 is 12.2. The monoisotopic (exact) mass is 378 g/mol. The maximum Gasteiger partial charge on any atom is 0.251 e. The van der Waals surface area contributed by atoms with Crippen LogP contribution in [0.15, 0.2) is 24.8 Å². The molecule has 2 N–H and O–H groups in total. The quantitative estimate of drug-likeness (QED) is 0.708. The number of hydrogen-bond acceptors (Lipinski definition) is 3. The lowest BCUT2D eigenvalue weighted by Gasteiger charge is -2.35. The van der Waals surface area contributed by atoms with Crippen LogP contribution in [0.1, 0.15) is 24.4 Å². The third kappa shape index (κ3) is 5.06. The van der Waals surface area contributed by atoms with Crippen molar-refractivity contribution in [3.8, 4) is 5.75 Å². The molecular weight excluding hydrogens is 357 g/mol. The Bertz CT molecular complexity index is 564. The van der Waals surface area contributed by atoms with Crippen molar-refractivity contribution >= 4 is 23.2 Å². The summed E-state index contributed by atoms with van der Waals surface area (Å²) in [7, 11) is 0. The largest absolute Gasteiger partial charge is 0.489 e. The summed E-state index contributed by atoms with van der Waals surface area (Å²) in [4.78, 5) is 1.78. The maximum absolute atomic E-state index is 12.5. The van der Waals surface area contributed by atoms with Crippen LogP contribution in [-0.4, -0.2) is 37.6 Å². The number of nitrogens with zero attached hydrogens (tertiary/aromatic N) is 1. The van der Waals surface area contributed by atoms with E-state index in [2.05, 4.69) is 6.58 Å². The SMILES string of the molecule is C=CCOc1cc(Cl)c(Cl)cc1C(N)C1CCN(CC(F)F)CC1. The minimum absolute atomic E-state index is 0.178. The van der Waals surface area contributed by atoms with Gasteiger partial charge in [-0.25, -0.2) is 8.78 Å².